The molecule has 1 saturated heterocycles. The van der Waals surface area contributed by atoms with Crippen molar-refractivity contribution in [2.24, 2.45) is 0 Å². The van der Waals surface area contributed by atoms with E-state index in [1.807, 2.05) is 10.7 Å². The molecule has 0 saturated carbocycles. The maximum absolute atomic E-state index is 4.59. The Hall–Kier alpha value is -1.62. The monoisotopic (exact) mass is 259 g/mol. The number of hydrogen-bond donors (Lipinski definition) is 2. The largest absolute Gasteiger partial charge is 0.362 e. The Labute approximate surface area is 113 Å². The molecular weight excluding hydrogens is 238 g/mol. The lowest BCUT2D eigenvalue weighted by Crippen LogP contribution is -2.37. The van der Waals surface area contributed by atoms with Gasteiger partial charge in [-0.05, 0) is 31.9 Å². The number of rotatable bonds is 3. The van der Waals surface area contributed by atoms with Crippen molar-refractivity contribution in [2.75, 3.05) is 18.4 Å². The van der Waals surface area contributed by atoms with Gasteiger partial charge in [0.05, 0.1) is 5.69 Å². The van der Waals surface area contributed by atoms with Crippen molar-refractivity contribution in [3.8, 4) is 0 Å². The van der Waals surface area contributed by atoms with Crippen LogP contribution in [0.5, 0.6) is 0 Å². The van der Waals surface area contributed by atoms with Crippen molar-refractivity contribution in [3.05, 3.63) is 24.2 Å². The van der Waals surface area contributed by atoms with Crippen LogP contribution in [0.4, 0.5) is 5.82 Å². The van der Waals surface area contributed by atoms with Gasteiger partial charge in [-0.2, -0.15) is 5.10 Å². The van der Waals surface area contributed by atoms with Crippen molar-refractivity contribution in [2.45, 2.75) is 38.6 Å². The number of nitrogens with zero attached hydrogens (tertiary/aromatic N) is 3. The zero-order valence-corrected chi connectivity index (χ0v) is 11.8. The van der Waals surface area contributed by atoms with Crippen LogP contribution in [0.15, 0.2) is 18.5 Å². The first-order chi connectivity index (χ1) is 9.07. The predicted octanol–water partition coefficient (Wildman–Crippen LogP) is 2.02. The van der Waals surface area contributed by atoms with Crippen molar-refractivity contribution >= 4 is 11.3 Å². The Balaban J connectivity index is 1.98. The molecule has 1 atom stereocenters. The van der Waals surface area contributed by atoms with E-state index in [4.69, 9.17) is 0 Å². The molecule has 5 nitrogen and oxygen atoms in total. The smallest absolute Gasteiger partial charge is 0.152 e. The molecule has 0 aliphatic carbocycles. The lowest BCUT2D eigenvalue weighted by atomic mass is 10.0. The molecule has 1 aliphatic heterocycles. The first kappa shape index (κ1) is 12.4. The highest BCUT2D eigenvalue weighted by molar-refractivity contribution is 5.68. The lowest BCUT2D eigenvalue weighted by molar-refractivity contribution is 0.564. The minimum absolute atomic E-state index is 0.0805. The fourth-order valence-electron chi connectivity index (χ4n) is 2.53. The van der Waals surface area contributed by atoms with E-state index >= 15 is 0 Å². The van der Waals surface area contributed by atoms with E-state index in [2.05, 4.69) is 47.6 Å². The third-order valence-electron chi connectivity index (χ3n) is 3.79. The van der Waals surface area contributed by atoms with Crippen LogP contribution >= 0.6 is 0 Å². The zero-order valence-electron chi connectivity index (χ0n) is 11.8. The van der Waals surface area contributed by atoms with E-state index in [1.54, 1.807) is 6.20 Å². The van der Waals surface area contributed by atoms with Crippen LogP contribution in [0.2, 0.25) is 0 Å². The lowest BCUT2D eigenvalue weighted by Gasteiger charge is -2.25. The van der Waals surface area contributed by atoms with Crippen LogP contribution in [-0.2, 0) is 0 Å². The topological polar surface area (TPSA) is 54.2 Å². The molecule has 1 fully saturated rings. The van der Waals surface area contributed by atoms with E-state index in [9.17, 15) is 0 Å². The number of fused-ring (bicyclic) bond motifs is 1. The summed E-state index contributed by atoms with van der Waals surface area (Å²) >= 11 is 0. The third-order valence-corrected chi connectivity index (χ3v) is 3.79. The van der Waals surface area contributed by atoms with Gasteiger partial charge in [0.1, 0.15) is 5.52 Å². The molecular formula is C14H21N5. The predicted molar refractivity (Wildman–Crippen MR) is 76.6 cm³/mol. The molecule has 0 spiro atoms. The van der Waals surface area contributed by atoms with Crippen LogP contribution in [0.1, 0.15) is 38.8 Å². The van der Waals surface area contributed by atoms with Gasteiger partial charge >= 0.3 is 0 Å². The third kappa shape index (κ3) is 2.30. The Bertz CT molecular complexity index is 581. The molecule has 3 heterocycles. The molecule has 1 unspecified atom stereocenters. The second kappa shape index (κ2) is 4.49. The fourth-order valence-corrected chi connectivity index (χ4v) is 2.53. The molecule has 2 aromatic heterocycles. The summed E-state index contributed by atoms with van der Waals surface area (Å²) < 4.78 is 1.91. The highest BCUT2D eigenvalue weighted by Gasteiger charge is 2.29. The molecule has 0 aromatic carbocycles. The van der Waals surface area contributed by atoms with Gasteiger partial charge in [-0.3, -0.25) is 0 Å². The SMILES string of the molecule is CC(C)c1cc2c(NC3(C)CCNC3)nccn2n1. The average Bonchev–Trinajstić information content (AvgIpc) is 2.96. The van der Waals surface area contributed by atoms with Gasteiger partial charge in [0.25, 0.3) is 0 Å². The summed E-state index contributed by atoms with van der Waals surface area (Å²) in [4.78, 5) is 4.49. The van der Waals surface area contributed by atoms with E-state index in [-0.39, 0.29) is 5.54 Å². The minimum atomic E-state index is 0.0805. The number of aromatic nitrogens is 3. The van der Waals surface area contributed by atoms with Gasteiger partial charge in [0.15, 0.2) is 5.82 Å². The molecule has 1 aliphatic rings. The van der Waals surface area contributed by atoms with Crippen LogP contribution in [0.3, 0.4) is 0 Å². The standard InChI is InChI=1S/C14H21N5/c1-10(2)11-8-12-13(16-6-7-19(12)18-11)17-14(3)4-5-15-9-14/h6-8,10,15H,4-5,9H2,1-3H3,(H,16,17). The minimum Gasteiger partial charge on any atom is -0.362 e. The number of hydrogen-bond acceptors (Lipinski definition) is 4. The fraction of sp³-hybridized carbons (Fsp3) is 0.571. The molecule has 0 radical (unpaired) electrons. The Morgan fingerprint density at radius 2 is 2.32 bits per heavy atom. The molecule has 0 bridgehead atoms. The van der Waals surface area contributed by atoms with Crippen LogP contribution in [0, 0.1) is 0 Å². The quantitative estimate of drug-likeness (QED) is 0.885. The number of anilines is 1. The van der Waals surface area contributed by atoms with Gasteiger partial charge in [0.2, 0.25) is 0 Å². The molecule has 19 heavy (non-hydrogen) atoms. The summed E-state index contributed by atoms with van der Waals surface area (Å²) in [5.74, 6) is 1.35. The Morgan fingerprint density at radius 1 is 1.47 bits per heavy atom. The van der Waals surface area contributed by atoms with E-state index in [0.29, 0.717) is 5.92 Å². The van der Waals surface area contributed by atoms with Crippen LogP contribution in [0.25, 0.3) is 5.52 Å². The van der Waals surface area contributed by atoms with Gasteiger partial charge in [-0.15, -0.1) is 0 Å². The molecule has 2 aromatic rings. The molecule has 2 N–H and O–H groups in total. The van der Waals surface area contributed by atoms with Crippen molar-refractivity contribution in [3.63, 3.8) is 0 Å². The Morgan fingerprint density at radius 3 is 3.00 bits per heavy atom. The van der Waals surface area contributed by atoms with E-state index < -0.39 is 0 Å². The second-order valence-electron chi connectivity index (χ2n) is 5.94. The van der Waals surface area contributed by atoms with E-state index in [0.717, 1.165) is 36.5 Å². The number of nitrogens with one attached hydrogen (secondary N) is 2. The van der Waals surface area contributed by atoms with Crippen molar-refractivity contribution in [1.82, 2.24) is 19.9 Å². The molecule has 5 heteroatoms. The maximum Gasteiger partial charge on any atom is 0.152 e. The molecule has 102 valence electrons. The average molecular weight is 259 g/mol. The summed E-state index contributed by atoms with van der Waals surface area (Å²) in [6, 6.07) is 2.13. The maximum atomic E-state index is 4.59. The summed E-state index contributed by atoms with van der Waals surface area (Å²) in [6.45, 7) is 8.58. The second-order valence-corrected chi connectivity index (χ2v) is 5.94. The summed E-state index contributed by atoms with van der Waals surface area (Å²) in [5.41, 5.74) is 2.24. The zero-order chi connectivity index (χ0) is 13.5. The first-order valence-electron chi connectivity index (χ1n) is 6.91. The van der Waals surface area contributed by atoms with Crippen molar-refractivity contribution in [1.29, 1.82) is 0 Å². The highest BCUT2D eigenvalue weighted by atomic mass is 15.2. The van der Waals surface area contributed by atoms with Crippen LogP contribution in [-0.4, -0.2) is 33.2 Å². The molecule has 0 amide bonds. The summed E-state index contributed by atoms with van der Waals surface area (Å²) in [7, 11) is 0. The van der Waals surface area contributed by atoms with E-state index in [1.165, 1.54) is 0 Å². The van der Waals surface area contributed by atoms with Gasteiger partial charge in [0, 0.05) is 24.5 Å². The van der Waals surface area contributed by atoms with Crippen LogP contribution < -0.4 is 10.6 Å². The van der Waals surface area contributed by atoms with Gasteiger partial charge < -0.3 is 10.6 Å². The van der Waals surface area contributed by atoms with Gasteiger partial charge in [-0.1, -0.05) is 13.8 Å². The van der Waals surface area contributed by atoms with Gasteiger partial charge in [-0.25, -0.2) is 9.50 Å². The normalized spacial score (nSPS) is 23.4. The summed E-state index contributed by atoms with van der Waals surface area (Å²) in [6.07, 6.45) is 4.82. The first-order valence-corrected chi connectivity index (χ1v) is 6.91. The highest BCUT2D eigenvalue weighted by Crippen LogP contribution is 2.24. The van der Waals surface area contributed by atoms with Crippen molar-refractivity contribution < 1.29 is 0 Å². The summed E-state index contributed by atoms with van der Waals surface area (Å²) in [5, 5.41) is 11.6. The Kier molecular flexibility index (Phi) is 2.93. The molecule has 3 rings (SSSR count).